The van der Waals surface area contributed by atoms with Crippen molar-refractivity contribution in [2.45, 2.75) is 13.0 Å². The molecule has 0 aliphatic rings. The molecule has 0 fully saturated rings. The summed E-state index contributed by atoms with van der Waals surface area (Å²) in [6.07, 6.45) is 0. The van der Waals surface area contributed by atoms with Crippen LogP contribution < -0.4 is 11.1 Å². The Morgan fingerprint density at radius 2 is 2.23 bits per heavy atom. The average Bonchev–Trinajstić information content (AvgIpc) is 2.13. The van der Waals surface area contributed by atoms with Crippen molar-refractivity contribution < 1.29 is 9.59 Å². The fourth-order valence-electron chi connectivity index (χ4n) is 0.585. The highest BCUT2D eigenvalue weighted by molar-refractivity contribution is 8.13. The van der Waals surface area contributed by atoms with Gasteiger partial charge in [0.05, 0.1) is 12.6 Å². The Morgan fingerprint density at radius 1 is 1.62 bits per heavy atom. The highest BCUT2D eigenvalue weighted by Crippen LogP contribution is 1.98. The average molecular weight is 222 g/mol. The normalized spacial score (nSPS) is 12.2. The van der Waals surface area contributed by atoms with Crippen LogP contribution in [0.2, 0.25) is 0 Å². The quantitative estimate of drug-likeness (QED) is 0.556. The van der Waals surface area contributed by atoms with Crippen molar-refractivity contribution in [3.05, 3.63) is 0 Å². The SMILES string of the molecule is CCSC(=O)CNC(=O)[C@@H](N)CS. The number of thiol groups is 1. The number of rotatable bonds is 5. The molecule has 0 bridgehead atoms. The number of hydrogen-bond acceptors (Lipinski definition) is 5. The predicted molar refractivity (Wildman–Crippen MR) is 58.0 cm³/mol. The van der Waals surface area contributed by atoms with E-state index in [0.717, 1.165) is 0 Å². The lowest BCUT2D eigenvalue weighted by atomic mass is 10.3. The van der Waals surface area contributed by atoms with Crippen LogP contribution in [-0.4, -0.2) is 35.1 Å². The minimum atomic E-state index is -0.636. The summed E-state index contributed by atoms with van der Waals surface area (Å²) in [4.78, 5) is 22.0. The van der Waals surface area contributed by atoms with Crippen molar-refractivity contribution in [2.24, 2.45) is 5.73 Å². The van der Waals surface area contributed by atoms with Crippen molar-refractivity contribution in [1.82, 2.24) is 5.32 Å². The monoisotopic (exact) mass is 222 g/mol. The van der Waals surface area contributed by atoms with Crippen molar-refractivity contribution in [2.75, 3.05) is 18.1 Å². The third-order valence-electron chi connectivity index (χ3n) is 1.25. The number of carbonyl (C=O) groups is 2. The molecule has 0 heterocycles. The van der Waals surface area contributed by atoms with Gasteiger partial charge in [-0.05, 0) is 5.75 Å². The second-order valence-corrected chi connectivity index (χ2v) is 4.00. The largest absolute Gasteiger partial charge is 0.347 e. The Hall–Kier alpha value is -0.200. The Balaban J connectivity index is 3.63. The zero-order valence-electron chi connectivity index (χ0n) is 7.45. The van der Waals surface area contributed by atoms with Crippen molar-refractivity contribution in [3.8, 4) is 0 Å². The molecule has 1 amide bonds. The third-order valence-corrected chi connectivity index (χ3v) is 2.39. The minimum absolute atomic E-state index is 0.0405. The number of thioether (sulfide) groups is 1. The van der Waals surface area contributed by atoms with Crippen LogP contribution >= 0.6 is 24.4 Å². The van der Waals surface area contributed by atoms with Crippen LogP contribution in [-0.2, 0) is 9.59 Å². The summed E-state index contributed by atoms with van der Waals surface area (Å²) in [6, 6.07) is -0.636. The molecule has 0 aliphatic carbocycles. The molecule has 0 radical (unpaired) electrons. The van der Waals surface area contributed by atoms with Crippen LogP contribution in [0.3, 0.4) is 0 Å². The smallest absolute Gasteiger partial charge is 0.238 e. The van der Waals surface area contributed by atoms with Crippen LogP contribution in [0.15, 0.2) is 0 Å². The van der Waals surface area contributed by atoms with Crippen molar-refractivity contribution in [3.63, 3.8) is 0 Å². The molecule has 0 aromatic heterocycles. The van der Waals surface area contributed by atoms with Gasteiger partial charge in [0.25, 0.3) is 0 Å². The Labute approximate surface area is 87.4 Å². The minimum Gasteiger partial charge on any atom is -0.347 e. The topological polar surface area (TPSA) is 72.2 Å². The van der Waals surface area contributed by atoms with Crippen molar-refractivity contribution in [1.29, 1.82) is 0 Å². The molecule has 3 N–H and O–H groups in total. The van der Waals surface area contributed by atoms with E-state index in [1.165, 1.54) is 11.8 Å². The fourth-order valence-corrected chi connectivity index (χ4v) is 1.25. The summed E-state index contributed by atoms with van der Waals surface area (Å²) in [5, 5.41) is 2.38. The number of amides is 1. The van der Waals surface area contributed by atoms with E-state index in [0.29, 0.717) is 5.75 Å². The summed E-state index contributed by atoms with van der Waals surface area (Å²) in [7, 11) is 0. The van der Waals surface area contributed by atoms with Crippen LogP contribution in [0, 0.1) is 0 Å². The summed E-state index contributed by atoms with van der Waals surface area (Å²) < 4.78 is 0. The van der Waals surface area contributed by atoms with E-state index in [1.807, 2.05) is 6.92 Å². The molecule has 0 rings (SSSR count). The fraction of sp³-hybridized carbons (Fsp3) is 0.714. The second-order valence-electron chi connectivity index (χ2n) is 2.31. The zero-order chi connectivity index (χ0) is 10.3. The van der Waals surface area contributed by atoms with Gasteiger partial charge in [-0.3, -0.25) is 9.59 Å². The summed E-state index contributed by atoms with van der Waals surface area (Å²) in [5.74, 6) is 0.661. The number of hydrogen-bond donors (Lipinski definition) is 3. The number of nitrogens with two attached hydrogens (primary N) is 1. The van der Waals surface area contributed by atoms with E-state index in [1.54, 1.807) is 0 Å². The molecule has 0 spiro atoms. The van der Waals surface area contributed by atoms with Gasteiger partial charge in [-0.25, -0.2) is 0 Å². The molecule has 0 aromatic carbocycles. The van der Waals surface area contributed by atoms with E-state index in [-0.39, 0.29) is 23.3 Å². The molecule has 0 aromatic rings. The molecule has 76 valence electrons. The van der Waals surface area contributed by atoms with Crippen LogP contribution in [0.25, 0.3) is 0 Å². The first-order valence-corrected chi connectivity index (χ1v) is 5.53. The van der Waals surface area contributed by atoms with E-state index < -0.39 is 6.04 Å². The molecule has 0 unspecified atom stereocenters. The van der Waals surface area contributed by atoms with Crippen molar-refractivity contribution >= 4 is 35.4 Å². The Morgan fingerprint density at radius 3 is 2.69 bits per heavy atom. The first kappa shape index (κ1) is 12.8. The molecule has 13 heavy (non-hydrogen) atoms. The lowest BCUT2D eigenvalue weighted by molar-refractivity contribution is -0.123. The Bertz CT molecular complexity index is 187. The molecular formula is C7H14N2O2S2. The van der Waals surface area contributed by atoms with Gasteiger partial charge in [-0.2, -0.15) is 12.6 Å². The maximum Gasteiger partial charge on any atom is 0.238 e. The van der Waals surface area contributed by atoms with E-state index in [4.69, 9.17) is 5.73 Å². The van der Waals surface area contributed by atoms with Gasteiger partial charge < -0.3 is 11.1 Å². The van der Waals surface area contributed by atoms with Gasteiger partial charge in [-0.1, -0.05) is 18.7 Å². The van der Waals surface area contributed by atoms with Crippen LogP contribution in [0.1, 0.15) is 6.92 Å². The standard InChI is InChI=1S/C7H14N2O2S2/c1-2-13-6(10)3-9-7(11)5(8)4-12/h5,12H,2-4,8H2,1H3,(H,9,11)/t5-/m0/s1. The molecular weight excluding hydrogens is 208 g/mol. The van der Waals surface area contributed by atoms with Gasteiger partial charge in [0, 0.05) is 5.75 Å². The van der Waals surface area contributed by atoms with Gasteiger partial charge >= 0.3 is 0 Å². The highest BCUT2D eigenvalue weighted by atomic mass is 32.2. The van der Waals surface area contributed by atoms with Crippen LogP contribution in [0.5, 0.6) is 0 Å². The predicted octanol–water partition coefficient (Wildman–Crippen LogP) is -0.361. The van der Waals surface area contributed by atoms with Gasteiger partial charge in [0.2, 0.25) is 11.0 Å². The maximum absolute atomic E-state index is 11.0. The lowest BCUT2D eigenvalue weighted by Crippen LogP contribution is -2.43. The zero-order valence-corrected chi connectivity index (χ0v) is 9.16. The van der Waals surface area contributed by atoms with E-state index >= 15 is 0 Å². The van der Waals surface area contributed by atoms with E-state index in [9.17, 15) is 9.59 Å². The highest BCUT2D eigenvalue weighted by Gasteiger charge is 2.11. The Kier molecular flexibility index (Phi) is 7.12. The third kappa shape index (κ3) is 5.95. The number of carbonyl (C=O) groups excluding carboxylic acids is 2. The first-order chi connectivity index (χ1) is 6.11. The van der Waals surface area contributed by atoms with E-state index in [2.05, 4.69) is 17.9 Å². The number of nitrogens with one attached hydrogen (secondary N) is 1. The van der Waals surface area contributed by atoms with Gasteiger partial charge in [0.1, 0.15) is 0 Å². The molecule has 0 saturated heterocycles. The summed E-state index contributed by atoms with van der Waals surface area (Å²) >= 11 is 5.04. The maximum atomic E-state index is 11.0. The van der Waals surface area contributed by atoms with Crippen LogP contribution in [0.4, 0.5) is 0 Å². The first-order valence-electron chi connectivity index (χ1n) is 3.91. The van der Waals surface area contributed by atoms with Gasteiger partial charge in [0.15, 0.2) is 0 Å². The molecule has 0 saturated carbocycles. The lowest BCUT2D eigenvalue weighted by Gasteiger charge is -2.08. The molecule has 0 aliphatic heterocycles. The molecule has 1 atom stereocenters. The summed E-state index contributed by atoms with van der Waals surface area (Å²) in [6.45, 7) is 1.92. The van der Waals surface area contributed by atoms with Gasteiger partial charge in [-0.15, -0.1) is 0 Å². The molecule has 4 nitrogen and oxygen atoms in total. The molecule has 6 heteroatoms. The second kappa shape index (κ2) is 7.23. The summed E-state index contributed by atoms with van der Waals surface area (Å²) in [5.41, 5.74) is 5.37.